The molecule has 1 aliphatic rings. The monoisotopic (exact) mass is 467 g/mol. The van der Waals surface area contributed by atoms with Crippen molar-refractivity contribution in [2.24, 2.45) is 4.99 Å². The molecule has 4 rings (SSSR count). The molecule has 0 radical (unpaired) electrons. The fourth-order valence-electron chi connectivity index (χ4n) is 2.85. The number of nitrogens with zero attached hydrogens (tertiary/aromatic N) is 3. The quantitative estimate of drug-likeness (QED) is 0.308. The first kappa shape index (κ1) is 21.4. The van der Waals surface area contributed by atoms with Crippen LogP contribution in [0.3, 0.4) is 0 Å². The number of hydrogen-bond donors (Lipinski definition) is 0. The second-order valence-electron chi connectivity index (χ2n) is 6.48. The van der Waals surface area contributed by atoms with Crippen LogP contribution in [0.15, 0.2) is 82.7 Å². The summed E-state index contributed by atoms with van der Waals surface area (Å²) in [6.45, 7) is 4.53. The van der Waals surface area contributed by atoms with Gasteiger partial charge < -0.3 is 4.74 Å². The first-order chi connectivity index (χ1) is 15.1. The van der Waals surface area contributed by atoms with Crippen LogP contribution in [0.1, 0.15) is 11.1 Å². The average Bonchev–Trinajstić information content (AvgIpc) is 3.39. The zero-order chi connectivity index (χ0) is 21.6. The first-order valence-electron chi connectivity index (χ1n) is 9.41. The number of aliphatic imine (C=N–C) groups is 1. The number of carbonyl (C=O) groups is 1. The highest BCUT2D eigenvalue weighted by atomic mass is 35.5. The van der Waals surface area contributed by atoms with Crippen LogP contribution in [0.4, 0.5) is 5.13 Å². The topological polar surface area (TPSA) is 54.8 Å². The molecule has 0 N–H and O–H groups in total. The Bertz CT molecular complexity index is 1140. The van der Waals surface area contributed by atoms with Gasteiger partial charge in [-0.1, -0.05) is 48.0 Å². The molecule has 2 heterocycles. The van der Waals surface area contributed by atoms with Crippen molar-refractivity contribution in [1.82, 2.24) is 9.88 Å². The number of hydrogen-bond acceptors (Lipinski definition) is 6. The predicted molar refractivity (Wildman–Crippen MR) is 129 cm³/mol. The van der Waals surface area contributed by atoms with Crippen molar-refractivity contribution in [3.05, 3.63) is 93.8 Å². The van der Waals surface area contributed by atoms with E-state index in [2.05, 4.69) is 16.6 Å². The zero-order valence-electron chi connectivity index (χ0n) is 16.4. The number of carbonyl (C=O) groups excluding carboxylic acids is 1. The molecule has 8 heteroatoms. The maximum absolute atomic E-state index is 13.0. The van der Waals surface area contributed by atoms with Gasteiger partial charge in [-0.15, -0.1) is 17.9 Å². The van der Waals surface area contributed by atoms with Crippen molar-refractivity contribution >= 4 is 57.0 Å². The second-order valence-corrected chi connectivity index (χ2v) is 8.80. The number of amides is 1. The third-order valence-corrected chi connectivity index (χ3v) is 6.25. The van der Waals surface area contributed by atoms with E-state index in [1.54, 1.807) is 17.2 Å². The van der Waals surface area contributed by atoms with Crippen LogP contribution in [0.25, 0.3) is 6.08 Å². The van der Waals surface area contributed by atoms with Crippen LogP contribution < -0.4 is 4.74 Å². The van der Waals surface area contributed by atoms with E-state index in [4.69, 9.17) is 16.3 Å². The highest BCUT2D eigenvalue weighted by Gasteiger charge is 2.33. The van der Waals surface area contributed by atoms with Gasteiger partial charge in [-0.2, -0.15) is 4.99 Å². The van der Waals surface area contributed by atoms with Crippen LogP contribution in [0.5, 0.6) is 5.75 Å². The molecule has 0 saturated carbocycles. The lowest BCUT2D eigenvalue weighted by Crippen LogP contribution is -2.29. The molecule has 0 spiro atoms. The maximum Gasteiger partial charge on any atom is 0.267 e. The predicted octanol–water partition coefficient (Wildman–Crippen LogP) is 6.17. The SMILES string of the molecule is C=CCN1C(=O)/C(=C/c2ccccc2OCc2ccc(Cl)cc2)S/C1=N/c1nccs1. The Morgan fingerprint density at radius 1 is 1.19 bits per heavy atom. The van der Waals surface area contributed by atoms with E-state index in [0.29, 0.717) is 39.1 Å². The van der Waals surface area contributed by atoms with Crippen LogP contribution >= 0.6 is 34.7 Å². The zero-order valence-corrected chi connectivity index (χ0v) is 18.8. The van der Waals surface area contributed by atoms with Gasteiger partial charge in [0.25, 0.3) is 5.91 Å². The lowest BCUT2D eigenvalue weighted by molar-refractivity contribution is -0.121. The molecule has 5 nitrogen and oxygen atoms in total. The summed E-state index contributed by atoms with van der Waals surface area (Å²) in [4.78, 5) is 23.9. The fraction of sp³-hybridized carbons (Fsp3) is 0.0870. The molecule has 0 aliphatic carbocycles. The van der Waals surface area contributed by atoms with E-state index >= 15 is 0 Å². The minimum atomic E-state index is -0.118. The number of para-hydroxylation sites is 1. The van der Waals surface area contributed by atoms with E-state index in [-0.39, 0.29) is 5.91 Å². The molecule has 1 amide bonds. The van der Waals surface area contributed by atoms with Gasteiger partial charge in [0.15, 0.2) is 5.17 Å². The number of amidine groups is 1. The van der Waals surface area contributed by atoms with Gasteiger partial charge in [0.2, 0.25) is 5.13 Å². The van der Waals surface area contributed by atoms with Gasteiger partial charge >= 0.3 is 0 Å². The van der Waals surface area contributed by atoms with Gasteiger partial charge in [0.05, 0.1) is 4.91 Å². The molecular formula is C23H18ClN3O2S2. The van der Waals surface area contributed by atoms with Crippen molar-refractivity contribution in [2.75, 3.05) is 6.54 Å². The highest BCUT2D eigenvalue weighted by molar-refractivity contribution is 8.18. The Balaban J connectivity index is 1.58. The standard InChI is InChI=1S/C23H18ClN3O2S2/c1-2-12-27-21(28)20(31-23(27)26-22-25-11-13-30-22)14-17-5-3-4-6-19(17)29-15-16-7-9-18(24)10-8-16/h2-11,13-14H,1,12,15H2/b20-14-,26-23+. The molecule has 3 aromatic rings. The summed E-state index contributed by atoms with van der Waals surface area (Å²) in [6.07, 6.45) is 5.21. The number of benzene rings is 2. The number of halogens is 1. The van der Waals surface area contributed by atoms with E-state index in [1.165, 1.54) is 23.1 Å². The Kier molecular flexibility index (Phi) is 6.86. The summed E-state index contributed by atoms with van der Waals surface area (Å²) in [5.74, 6) is 0.576. The van der Waals surface area contributed by atoms with Crippen molar-refractivity contribution in [2.45, 2.75) is 6.61 Å². The minimum absolute atomic E-state index is 0.118. The molecular weight excluding hydrogens is 450 g/mol. The van der Waals surface area contributed by atoms with Crippen LogP contribution in [-0.2, 0) is 11.4 Å². The third-order valence-electron chi connectivity index (χ3n) is 4.32. The second kappa shape index (κ2) is 9.96. The van der Waals surface area contributed by atoms with E-state index in [9.17, 15) is 4.79 Å². The van der Waals surface area contributed by atoms with E-state index in [1.807, 2.05) is 60.0 Å². The highest BCUT2D eigenvalue weighted by Crippen LogP contribution is 2.35. The third kappa shape index (κ3) is 5.25. The summed E-state index contributed by atoms with van der Waals surface area (Å²) in [7, 11) is 0. The summed E-state index contributed by atoms with van der Waals surface area (Å²) < 4.78 is 6.02. The molecule has 31 heavy (non-hydrogen) atoms. The number of aromatic nitrogens is 1. The van der Waals surface area contributed by atoms with Crippen LogP contribution in [0.2, 0.25) is 5.02 Å². The fourth-order valence-corrected chi connectivity index (χ4v) is 4.52. The molecule has 0 atom stereocenters. The molecule has 1 fully saturated rings. The Morgan fingerprint density at radius 2 is 2.00 bits per heavy atom. The maximum atomic E-state index is 13.0. The molecule has 0 bridgehead atoms. The molecule has 156 valence electrons. The Hall–Kier alpha value is -2.87. The summed E-state index contributed by atoms with van der Waals surface area (Å²) in [6, 6.07) is 15.1. The summed E-state index contributed by atoms with van der Waals surface area (Å²) in [5.41, 5.74) is 1.83. The molecule has 0 unspecified atom stereocenters. The van der Waals surface area contributed by atoms with Gasteiger partial charge in [-0.3, -0.25) is 9.69 Å². The lowest BCUT2D eigenvalue weighted by atomic mass is 10.1. The number of thiazole rings is 1. The first-order valence-corrected chi connectivity index (χ1v) is 11.5. The minimum Gasteiger partial charge on any atom is -0.488 e. The van der Waals surface area contributed by atoms with Gasteiger partial charge in [-0.25, -0.2) is 4.98 Å². The van der Waals surface area contributed by atoms with Crippen LogP contribution in [-0.4, -0.2) is 27.5 Å². The van der Waals surface area contributed by atoms with Crippen molar-refractivity contribution in [1.29, 1.82) is 0 Å². The Morgan fingerprint density at radius 3 is 2.74 bits per heavy atom. The molecule has 1 aromatic heterocycles. The molecule has 1 aliphatic heterocycles. The Labute approximate surface area is 193 Å². The van der Waals surface area contributed by atoms with Gasteiger partial charge in [0, 0.05) is 28.7 Å². The number of rotatable bonds is 7. The summed E-state index contributed by atoms with van der Waals surface area (Å²) in [5, 5.41) is 3.73. The van der Waals surface area contributed by atoms with Gasteiger partial charge in [-0.05, 0) is 41.6 Å². The van der Waals surface area contributed by atoms with E-state index in [0.717, 1.165) is 11.1 Å². The number of thioether (sulfide) groups is 1. The average molecular weight is 468 g/mol. The smallest absolute Gasteiger partial charge is 0.267 e. The van der Waals surface area contributed by atoms with Crippen molar-refractivity contribution < 1.29 is 9.53 Å². The van der Waals surface area contributed by atoms with Crippen LogP contribution in [0, 0.1) is 0 Å². The normalized spacial score (nSPS) is 16.3. The van der Waals surface area contributed by atoms with Crippen molar-refractivity contribution in [3.63, 3.8) is 0 Å². The molecule has 1 saturated heterocycles. The van der Waals surface area contributed by atoms with E-state index < -0.39 is 0 Å². The number of ether oxygens (including phenoxy) is 1. The largest absolute Gasteiger partial charge is 0.488 e. The van der Waals surface area contributed by atoms with Crippen molar-refractivity contribution in [3.8, 4) is 5.75 Å². The molecule has 2 aromatic carbocycles. The van der Waals surface area contributed by atoms with Gasteiger partial charge in [0.1, 0.15) is 12.4 Å². The summed E-state index contributed by atoms with van der Waals surface area (Å²) >= 11 is 8.69. The lowest BCUT2D eigenvalue weighted by Gasteiger charge is -2.12.